The molecule has 1 heterocycles. The van der Waals surface area contributed by atoms with E-state index in [4.69, 9.17) is 9.64 Å². The van der Waals surface area contributed by atoms with Gasteiger partial charge in [-0.2, -0.15) is 0 Å². The maximum atomic E-state index is 10.5. The SMILES string of the molecule is CCCCCCCCC1(CCCCCCCC)c2cc(-c3ccc(BOC(C)(C)C(C)(C)O)cn3)ccc2C2C=CC=CC21. The molecule has 0 aliphatic heterocycles. The Morgan fingerprint density at radius 3 is 2.00 bits per heavy atom. The van der Waals surface area contributed by atoms with Crippen molar-refractivity contribution in [3.63, 3.8) is 0 Å². The molecule has 2 unspecified atom stereocenters. The van der Waals surface area contributed by atoms with Crippen LogP contribution in [-0.4, -0.2) is 28.8 Å². The normalized spacial score (nSPS) is 18.8. The summed E-state index contributed by atoms with van der Waals surface area (Å²) in [7, 11) is 0.427. The quantitative estimate of drug-likeness (QED) is 0.129. The largest absolute Gasteiger partial charge is 0.427 e. The van der Waals surface area contributed by atoms with Gasteiger partial charge in [0.15, 0.2) is 0 Å². The Hall–Kier alpha value is -2.17. The van der Waals surface area contributed by atoms with Crippen LogP contribution in [0.1, 0.15) is 148 Å². The third-order valence-electron chi connectivity index (χ3n) is 10.9. The molecule has 240 valence electrons. The number of rotatable bonds is 19. The Balaban J connectivity index is 1.59. The predicted octanol–water partition coefficient (Wildman–Crippen LogP) is 9.87. The fraction of sp³-hybridized carbons (Fsp3) is 0.625. The van der Waals surface area contributed by atoms with Gasteiger partial charge < -0.3 is 9.76 Å². The first kappa shape index (κ1) is 34.7. The van der Waals surface area contributed by atoms with Crippen molar-refractivity contribution in [1.82, 2.24) is 4.98 Å². The lowest BCUT2D eigenvalue weighted by molar-refractivity contribution is -0.0893. The minimum absolute atomic E-state index is 0.198. The summed E-state index contributed by atoms with van der Waals surface area (Å²) in [6, 6.07) is 11.5. The molecule has 4 heteroatoms. The molecule has 4 rings (SSSR count). The Bertz CT molecular complexity index is 1210. The Kier molecular flexibility index (Phi) is 12.5. The molecule has 0 saturated carbocycles. The lowest BCUT2D eigenvalue weighted by Crippen LogP contribution is -2.49. The minimum Gasteiger partial charge on any atom is -0.427 e. The number of unbranched alkanes of at least 4 members (excludes halogenated alkanes) is 10. The van der Waals surface area contributed by atoms with Crippen LogP contribution in [0.4, 0.5) is 0 Å². The fourth-order valence-corrected chi connectivity index (χ4v) is 7.34. The molecule has 1 aromatic carbocycles. The van der Waals surface area contributed by atoms with E-state index in [2.05, 4.69) is 68.5 Å². The highest BCUT2D eigenvalue weighted by atomic mass is 16.5. The van der Waals surface area contributed by atoms with Crippen LogP contribution in [0.25, 0.3) is 11.3 Å². The van der Waals surface area contributed by atoms with Crippen molar-refractivity contribution in [3.05, 3.63) is 72.0 Å². The van der Waals surface area contributed by atoms with Gasteiger partial charge in [-0.25, -0.2) is 0 Å². The third kappa shape index (κ3) is 8.35. The van der Waals surface area contributed by atoms with Gasteiger partial charge in [-0.15, -0.1) is 0 Å². The van der Waals surface area contributed by atoms with E-state index in [0.717, 1.165) is 11.2 Å². The molecule has 1 aromatic heterocycles. The zero-order chi connectivity index (χ0) is 31.6. The molecule has 0 fully saturated rings. The summed E-state index contributed by atoms with van der Waals surface area (Å²) in [5.74, 6) is 1.03. The van der Waals surface area contributed by atoms with Crippen molar-refractivity contribution in [2.24, 2.45) is 5.92 Å². The van der Waals surface area contributed by atoms with Gasteiger partial charge in [0, 0.05) is 23.1 Å². The number of aliphatic hydroxyl groups is 1. The molecule has 0 spiro atoms. The number of benzene rings is 1. The van der Waals surface area contributed by atoms with E-state index in [9.17, 15) is 5.11 Å². The van der Waals surface area contributed by atoms with Crippen LogP contribution >= 0.6 is 0 Å². The average molecular weight is 598 g/mol. The number of aromatic nitrogens is 1. The first-order chi connectivity index (χ1) is 21.1. The van der Waals surface area contributed by atoms with E-state index < -0.39 is 11.2 Å². The van der Waals surface area contributed by atoms with E-state index >= 15 is 0 Å². The van der Waals surface area contributed by atoms with Gasteiger partial charge in [0.1, 0.15) is 0 Å². The van der Waals surface area contributed by atoms with Crippen molar-refractivity contribution in [3.8, 4) is 11.3 Å². The molecule has 2 aromatic rings. The average Bonchev–Trinajstić information content (AvgIpc) is 3.28. The summed E-state index contributed by atoms with van der Waals surface area (Å²) in [4.78, 5) is 4.91. The van der Waals surface area contributed by atoms with Crippen LogP contribution in [0.3, 0.4) is 0 Å². The summed E-state index contributed by atoms with van der Waals surface area (Å²) in [5.41, 5.74) is 5.00. The fourth-order valence-electron chi connectivity index (χ4n) is 7.34. The second-order valence-electron chi connectivity index (χ2n) is 14.7. The molecule has 0 saturated heterocycles. The molecule has 1 N–H and O–H groups in total. The summed E-state index contributed by atoms with van der Waals surface area (Å²) in [6.45, 7) is 12.1. The number of allylic oxidation sites excluding steroid dienone is 4. The summed E-state index contributed by atoms with van der Waals surface area (Å²) < 4.78 is 6.10. The van der Waals surface area contributed by atoms with Crippen molar-refractivity contribution in [1.29, 1.82) is 0 Å². The molecule has 0 radical (unpaired) electrons. The first-order valence-corrected chi connectivity index (χ1v) is 17.9. The Morgan fingerprint density at radius 2 is 1.41 bits per heavy atom. The summed E-state index contributed by atoms with van der Waals surface area (Å²) in [5, 5.41) is 10.5. The lowest BCUT2D eigenvalue weighted by Gasteiger charge is -2.38. The van der Waals surface area contributed by atoms with Crippen LogP contribution in [0.5, 0.6) is 0 Å². The van der Waals surface area contributed by atoms with Crippen LogP contribution in [0.15, 0.2) is 60.8 Å². The highest BCUT2D eigenvalue weighted by Crippen LogP contribution is 2.58. The van der Waals surface area contributed by atoms with Gasteiger partial charge in [-0.1, -0.05) is 133 Å². The lowest BCUT2D eigenvalue weighted by atomic mass is 9.65. The van der Waals surface area contributed by atoms with Crippen molar-refractivity contribution >= 4 is 12.9 Å². The van der Waals surface area contributed by atoms with Crippen molar-refractivity contribution < 1.29 is 9.76 Å². The molecule has 0 amide bonds. The van der Waals surface area contributed by atoms with E-state index in [0.29, 0.717) is 19.3 Å². The second kappa shape index (κ2) is 15.9. The van der Waals surface area contributed by atoms with Crippen LogP contribution in [0, 0.1) is 5.92 Å². The molecule has 44 heavy (non-hydrogen) atoms. The van der Waals surface area contributed by atoms with Gasteiger partial charge in [0.05, 0.1) is 16.9 Å². The number of nitrogens with zero attached hydrogens (tertiary/aromatic N) is 1. The molecule has 2 atom stereocenters. The number of pyridine rings is 1. The Labute approximate surface area is 270 Å². The third-order valence-corrected chi connectivity index (χ3v) is 10.9. The van der Waals surface area contributed by atoms with Crippen molar-refractivity contribution in [2.45, 2.75) is 154 Å². The molecule has 2 aliphatic rings. The smallest absolute Gasteiger partial charge is 0.311 e. The van der Waals surface area contributed by atoms with E-state index in [-0.39, 0.29) is 5.41 Å². The van der Waals surface area contributed by atoms with Gasteiger partial charge in [-0.05, 0) is 75.2 Å². The van der Waals surface area contributed by atoms with E-state index in [1.54, 1.807) is 19.4 Å². The highest BCUT2D eigenvalue weighted by molar-refractivity contribution is 6.46. The topological polar surface area (TPSA) is 42.4 Å². The Morgan fingerprint density at radius 1 is 0.795 bits per heavy atom. The predicted molar refractivity (Wildman–Crippen MR) is 190 cm³/mol. The van der Waals surface area contributed by atoms with Crippen LogP contribution in [-0.2, 0) is 10.1 Å². The standard InChI is InChI=1S/C40H60BNO2/c1-7-9-11-13-15-19-27-40(28-20-16-14-12-10-8-2)35-22-18-17-21-33(35)34-25-23-31(29-36(34)40)37-26-24-32(30-42-37)41-44-39(5,6)38(3,4)43/h17-18,21-26,29-30,33,35,41,43H,7-16,19-20,27-28H2,1-6H3. The van der Waals surface area contributed by atoms with Crippen LogP contribution in [0.2, 0.25) is 0 Å². The number of fused-ring (bicyclic) bond motifs is 3. The summed E-state index contributed by atoms with van der Waals surface area (Å²) >= 11 is 0. The summed E-state index contributed by atoms with van der Waals surface area (Å²) in [6.07, 6.45) is 30.2. The highest BCUT2D eigenvalue weighted by Gasteiger charge is 2.49. The minimum atomic E-state index is -0.927. The molecule has 0 bridgehead atoms. The van der Waals surface area contributed by atoms with E-state index in [1.165, 1.54) is 101 Å². The zero-order valence-corrected chi connectivity index (χ0v) is 28.8. The maximum absolute atomic E-state index is 10.5. The molecular weight excluding hydrogens is 537 g/mol. The number of hydrogen-bond acceptors (Lipinski definition) is 3. The van der Waals surface area contributed by atoms with E-state index in [1.807, 2.05) is 20.0 Å². The molecule has 3 nitrogen and oxygen atoms in total. The molecule has 2 aliphatic carbocycles. The zero-order valence-electron chi connectivity index (χ0n) is 28.8. The maximum Gasteiger partial charge on any atom is 0.311 e. The van der Waals surface area contributed by atoms with Gasteiger partial charge >= 0.3 is 7.48 Å². The van der Waals surface area contributed by atoms with Gasteiger partial charge in [-0.3, -0.25) is 4.98 Å². The first-order valence-electron chi connectivity index (χ1n) is 17.9. The molecular formula is C40H60BNO2. The van der Waals surface area contributed by atoms with Crippen molar-refractivity contribution in [2.75, 3.05) is 0 Å². The monoisotopic (exact) mass is 597 g/mol. The van der Waals surface area contributed by atoms with Crippen LogP contribution < -0.4 is 5.46 Å². The van der Waals surface area contributed by atoms with Gasteiger partial charge in [0.2, 0.25) is 0 Å². The second-order valence-corrected chi connectivity index (χ2v) is 14.7. The number of hydrogen-bond donors (Lipinski definition) is 1. The van der Waals surface area contributed by atoms with Gasteiger partial charge in [0.25, 0.3) is 0 Å².